The normalized spacial score (nSPS) is 20.6. The van der Waals surface area contributed by atoms with Gasteiger partial charge in [-0.15, -0.1) is 0 Å². The second-order valence-corrected chi connectivity index (χ2v) is 7.15. The Kier molecular flexibility index (Phi) is 4.63. The number of rotatable bonds is 4. The van der Waals surface area contributed by atoms with Crippen LogP contribution in [0.2, 0.25) is 0 Å². The van der Waals surface area contributed by atoms with E-state index in [1.165, 1.54) is 29.3 Å². The quantitative estimate of drug-likeness (QED) is 0.731. The molecule has 2 atom stereocenters. The highest BCUT2D eigenvalue weighted by atomic mass is 79.9. The van der Waals surface area contributed by atoms with Gasteiger partial charge in [0.25, 0.3) is 11.8 Å². The molecule has 8 nitrogen and oxygen atoms in total. The molecule has 10 heteroatoms. The number of nitrogens with zero attached hydrogens (tertiary/aromatic N) is 4. The van der Waals surface area contributed by atoms with Gasteiger partial charge in [0.05, 0.1) is 5.69 Å². The number of hydrogen-bond acceptors (Lipinski definition) is 6. The van der Waals surface area contributed by atoms with Crippen LogP contribution in [0, 0.1) is 5.82 Å². The Morgan fingerprint density at radius 3 is 2.43 bits per heavy atom. The first-order valence-electron chi connectivity index (χ1n) is 8.30. The standard InChI is InChI=1S/C18H13BrFN5O3/c19-10-1-7-13(8-2-10)25-17(27)15-16(18(25)28)24(23-22-15)9-14(26)21-12-5-3-11(20)4-6-12/h1-8,15-16H,9H2,(H,21,26)/t15-,16+/m1/s1. The number of carbonyl (C=O) groups excluding carboxylic acids is 3. The van der Waals surface area contributed by atoms with Crippen molar-refractivity contribution in [3.63, 3.8) is 0 Å². The van der Waals surface area contributed by atoms with Crippen LogP contribution in [0.4, 0.5) is 15.8 Å². The van der Waals surface area contributed by atoms with Gasteiger partial charge in [0.1, 0.15) is 12.4 Å². The number of halogens is 2. The Morgan fingerprint density at radius 1 is 1.07 bits per heavy atom. The molecule has 0 unspecified atom stereocenters. The maximum absolute atomic E-state index is 13.0. The number of amides is 3. The monoisotopic (exact) mass is 445 g/mol. The van der Waals surface area contributed by atoms with Crippen LogP contribution in [0.1, 0.15) is 0 Å². The minimum absolute atomic E-state index is 0.269. The highest BCUT2D eigenvalue weighted by Crippen LogP contribution is 2.32. The van der Waals surface area contributed by atoms with Gasteiger partial charge in [-0.2, -0.15) is 5.11 Å². The van der Waals surface area contributed by atoms with E-state index in [0.29, 0.717) is 11.4 Å². The molecule has 4 rings (SSSR count). The van der Waals surface area contributed by atoms with Crippen LogP contribution in [0.15, 0.2) is 63.3 Å². The van der Waals surface area contributed by atoms with Crippen LogP contribution in [-0.4, -0.2) is 41.4 Å². The highest BCUT2D eigenvalue weighted by molar-refractivity contribution is 9.10. The lowest BCUT2D eigenvalue weighted by Gasteiger charge is -2.20. The molecule has 2 heterocycles. The Labute approximate surface area is 167 Å². The molecule has 142 valence electrons. The van der Waals surface area contributed by atoms with Gasteiger partial charge in [-0.3, -0.25) is 19.4 Å². The van der Waals surface area contributed by atoms with Crippen molar-refractivity contribution >= 4 is 45.0 Å². The molecule has 2 aliphatic rings. The third-order valence-corrected chi connectivity index (χ3v) is 4.90. The Balaban J connectivity index is 1.48. The molecule has 2 aromatic rings. The average Bonchev–Trinajstić information content (AvgIpc) is 3.18. The van der Waals surface area contributed by atoms with Gasteiger partial charge >= 0.3 is 0 Å². The van der Waals surface area contributed by atoms with Gasteiger partial charge in [-0.1, -0.05) is 21.2 Å². The molecule has 1 saturated heterocycles. The summed E-state index contributed by atoms with van der Waals surface area (Å²) < 4.78 is 13.8. The van der Waals surface area contributed by atoms with E-state index in [0.717, 1.165) is 9.37 Å². The zero-order valence-corrected chi connectivity index (χ0v) is 15.8. The van der Waals surface area contributed by atoms with E-state index in [-0.39, 0.29) is 6.54 Å². The van der Waals surface area contributed by atoms with Crippen molar-refractivity contribution in [2.45, 2.75) is 12.1 Å². The lowest BCUT2D eigenvalue weighted by Crippen LogP contribution is -2.43. The first-order valence-corrected chi connectivity index (χ1v) is 9.09. The van der Waals surface area contributed by atoms with Gasteiger partial charge in [0.2, 0.25) is 5.91 Å². The molecule has 0 spiro atoms. The smallest absolute Gasteiger partial charge is 0.263 e. The van der Waals surface area contributed by atoms with E-state index >= 15 is 0 Å². The molecule has 0 bridgehead atoms. The fourth-order valence-corrected chi connectivity index (χ4v) is 3.34. The molecular weight excluding hydrogens is 433 g/mol. The predicted molar refractivity (Wildman–Crippen MR) is 101 cm³/mol. The fourth-order valence-electron chi connectivity index (χ4n) is 3.08. The number of carbonyl (C=O) groups is 3. The number of hydrogen-bond donors (Lipinski definition) is 1. The Morgan fingerprint density at radius 2 is 1.75 bits per heavy atom. The number of fused-ring (bicyclic) bond motifs is 1. The van der Waals surface area contributed by atoms with Gasteiger partial charge in [-0.05, 0) is 48.5 Å². The predicted octanol–water partition coefficient (Wildman–Crippen LogP) is 2.52. The van der Waals surface area contributed by atoms with E-state index in [1.54, 1.807) is 24.3 Å². The zero-order valence-electron chi connectivity index (χ0n) is 14.3. The van der Waals surface area contributed by atoms with Crippen molar-refractivity contribution < 1.29 is 18.8 Å². The molecule has 1 fully saturated rings. The van der Waals surface area contributed by atoms with Crippen LogP contribution >= 0.6 is 15.9 Å². The van der Waals surface area contributed by atoms with Crippen LogP contribution in [0.5, 0.6) is 0 Å². The summed E-state index contributed by atoms with van der Waals surface area (Å²) in [6.45, 7) is -0.269. The maximum atomic E-state index is 13.0. The van der Waals surface area contributed by atoms with Crippen LogP contribution in [-0.2, 0) is 14.4 Å². The Bertz CT molecular complexity index is 980. The van der Waals surface area contributed by atoms with Crippen molar-refractivity contribution in [3.05, 3.63) is 58.8 Å². The van der Waals surface area contributed by atoms with Crippen LogP contribution < -0.4 is 10.2 Å². The van der Waals surface area contributed by atoms with E-state index in [2.05, 4.69) is 31.6 Å². The fraction of sp³-hybridized carbons (Fsp3) is 0.167. The van der Waals surface area contributed by atoms with Crippen molar-refractivity contribution in [2.24, 2.45) is 10.3 Å². The maximum Gasteiger partial charge on any atom is 0.263 e. The summed E-state index contributed by atoms with van der Waals surface area (Å²) in [5.41, 5.74) is 0.836. The minimum Gasteiger partial charge on any atom is -0.324 e. The molecule has 0 aromatic heterocycles. The summed E-state index contributed by atoms with van der Waals surface area (Å²) >= 11 is 3.31. The summed E-state index contributed by atoms with van der Waals surface area (Å²) in [5, 5.41) is 11.5. The van der Waals surface area contributed by atoms with Crippen molar-refractivity contribution in [2.75, 3.05) is 16.8 Å². The molecule has 2 aliphatic heterocycles. The van der Waals surface area contributed by atoms with Crippen LogP contribution in [0.25, 0.3) is 0 Å². The molecule has 3 amide bonds. The second-order valence-electron chi connectivity index (χ2n) is 6.24. The topological polar surface area (TPSA) is 94.4 Å². The van der Waals surface area contributed by atoms with Gasteiger partial charge in [0, 0.05) is 10.2 Å². The summed E-state index contributed by atoms with van der Waals surface area (Å²) in [7, 11) is 0. The van der Waals surface area contributed by atoms with Crippen molar-refractivity contribution in [1.29, 1.82) is 0 Å². The number of benzene rings is 2. The van der Waals surface area contributed by atoms with Crippen molar-refractivity contribution in [3.8, 4) is 0 Å². The van der Waals surface area contributed by atoms with Gasteiger partial charge in [0.15, 0.2) is 12.1 Å². The molecule has 2 aromatic carbocycles. The van der Waals surface area contributed by atoms with Gasteiger partial charge < -0.3 is 5.32 Å². The number of anilines is 2. The third-order valence-electron chi connectivity index (χ3n) is 4.38. The van der Waals surface area contributed by atoms with Gasteiger partial charge in [-0.25, -0.2) is 9.29 Å². The van der Waals surface area contributed by atoms with Crippen molar-refractivity contribution in [1.82, 2.24) is 5.01 Å². The van der Waals surface area contributed by atoms with E-state index < -0.39 is 35.6 Å². The van der Waals surface area contributed by atoms with E-state index in [4.69, 9.17) is 0 Å². The first-order chi connectivity index (χ1) is 13.4. The SMILES string of the molecule is O=C(CN1N=N[C@H]2C(=O)N(c3ccc(Br)cc3)C(=O)[C@H]21)Nc1ccc(F)cc1. The average molecular weight is 446 g/mol. The molecule has 0 aliphatic carbocycles. The number of imide groups is 1. The van der Waals surface area contributed by atoms with E-state index in [1.807, 2.05) is 0 Å². The molecule has 1 N–H and O–H groups in total. The summed E-state index contributed by atoms with van der Waals surface area (Å²) in [4.78, 5) is 38.8. The third kappa shape index (κ3) is 3.26. The lowest BCUT2D eigenvalue weighted by atomic mass is 10.1. The highest BCUT2D eigenvalue weighted by Gasteiger charge is 2.55. The minimum atomic E-state index is -0.977. The largest absolute Gasteiger partial charge is 0.324 e. The Hall–Kier alpha value is -3.14. The lowest BCUT2D eigenvalue weighted by molar-refractivity contribution is -0.123. The summed E-state index contributed by atoms with van der Waals surface area (Å²) in [5.74, 6) is -1.86. The second kappa shape index (κ2) is 7.12. The summed E-state index contributed by atoms with van der Waals surface area (Å²) in [6.07, 6.45) is 0. The molecule has 28 heavy (non-hydrogen) atoms. The molecule has 0 radical (unpaired) electrons. The van der Waals surface area contributed by atoms with E-state index in [9.17, 15) is 18.8 Å². The molecule has 0 saturated carbocycles. The first kappa shape index (κ1) is 18.2. The number of nitrogens with one attached hydrogen (secondary N) is 1. The zero-order chi connectivity index (χ0) is 19.8. The van der Waals surface area contributed by atoms with Crippen LogP contribution in [0.3, 0.4) is 0 Å². The molecular formula is C18H13BrFN5O3. The summed E-state index contributed by atoms with van der Waals surface area (Å²) in [6, 6.07) is 10.1.